The number of methoxy groups -OCH3 is 1. The standard InChI is InChI=1S/C18H13BrClN3O3S/c1-26-14-7-4-12(19)8-11(14)9-15(17(24)25)27-18-21-16(22-23-18)10-2-5-13(20)6-3-10/h2-9H,1H3,(H,24,25)(H,21,22,23)/b15-9-. The van der Waals surface area contributed by atoms with Crippen molar-refractivity contribution in [3.63, 3.8) is 0 Å². The first-order chi connectivity index (χ1) is 13.0. The van der Waals surface area contributed by atoms with Gasteiger partial charge in [0.1, 0.15) is 10.7 Å². The number of benzene rings is 2. The summed E-state index contributed by atoms with van der Waals surface area (Å²) in [6.45, 7) is 0. The first kappa shape index (κ1) is 19.5. The number of nitrogens with zero attached hydrogens (tertiary/aromatic N) is 2. The number of rotatable bonds is 6. The molecule has 0 aliphatic carbocycles. The van der Waals surface area contributed by atoms with Gasteiger partial charge in [0.15, 0.2) is 5.82 Å². The minimum Gasteiger partial charge on any atom is -0.496 e. The topological polar surface area (TPSA) is 88.1 Å². The SMILES string of the molecule is COc1ccc(Br)cc1/C=C(\Sc1n[nH]c(-c2ccc(Cl)cc2)n1)C(=O)O. The van der Waals surface area contributed by atoms with Crippen molar-refractivity contribution in [2.45, 2.75) is 5.16 Å². The molecule has 0 saturated carbocycles. The molecule has 0 amide bonds. The molecule has 0 saturated heterocycles. The molecule has 0 fully saturated rings. The third kappa shape index (κ3) is 4.91. The maximum atomic E-state index is 11.7. The van der Waals surface area contributed by atoms with E-state index in [1.807, 2.05) is 6.07 Å². The average molecular weight is 467 g/mol. The van der Waals surface area contributed by atoms with Crippen molar-refractivity contribution in [1.82, 2.24) is 15.2 Å². The number of aromatic amines is 1. The number of carbonyl (C=O) groups is 1. The third-order valence-corrected chi connectivity index (χ3v) is 5.10. The first-order valence-corrected chi connectivity index (χ1v) is 9.59. The maximum Gasteiger partial charge on any atom is 0.342 e. The average Bonchev–Trinajstić information content (AvgIpc) is 3.10. The van der Waals surface area contributed by atoms with Gasteiger partial charge in [-0.15, -0.1) is 5.10 Å². The second kappa shape index (κ2) is 8.60. The Morgan fingerprint density at radius 1 is 1.30 bits per heavy atom. The van der Waals surface area contributed by atoms with Gasteiger partial charge in [-0.2, -0.15) is 0 Å². The van der Waals surface area contributed by atoms with Gasteiger partial charge in [-0.1, -0.05) is 27.5 Å². The van der Waals surface area contributed by atoms with Gasteiger partial charge < -0.3 is 9.84 Å². The Labute approximate surface area is 172 Å². The number of aromatic nitrogens is 3. The highest BCUT2D eigenvalue weighted by Crippen LogP contribution is 2.31. The second-order valence-corrected chi connectivity index (χ2v) is 7.64. The molecule has 2 aromatic carbocycles. The smallest absolute Gasteiger partial charge is 0.342 e. The van der Waals surface area contributed by atoms with Gasteiger partial charge in [0.2, 0.25) is 5.16 Å². The van der Waals surface area contributed by atoms with Gasteiger partial charge in [0, 0.05) is 20.6 Å². The lowest BCUT2D eigenvalue weighted by atomic mass is 10.2. The minimum absolute atomic E-state index is 0.0630. The Balaban J connectivity index is 1.89. The zero-order chi connectivity index (χ0) is 19.4. The summed E-state index contributed by atoms with van der Waals surface area (Å²) in [5.41, 5.74) is 1.43. The van der Waals surface area contributed by atoms with Crippen LogP contribution in [0.4, 0.5) is 0 Å². The Bertz CT molecular complexity index is 1010. The maximum absolute atomic E-state index is 11.7. The van der Waals surface area contributed by atoms with Gasteiger partial charge in [0.05, 0.1) is 7.11 Å². The summed E-state index contributed by atoms with van der Waals surface area (Å²) in [5, 5.41) is 17.4. The monoisotopic (exact) mass is 465 g/mol. The van der Waals surface area contributed by atoms with Crippen molar-refractivity contribution >= 4 is 51.3 Å². The van der Waals surface area contributed by atoms with Crippen LogP contribution >= 0.6 is 39.3 Å². The van der Waals surface area contributed by atoms with Crippen LogP contribution < -0.4 is 4.74 Å². The van der Waals surface area contributed by atoms with E-state index in [1.54, 1.807) is 36.4 Å². The van der Waals surface area contributed by atoms with E-state index in [0.29, 0.717) is 27.3 Å². The van der Waals surface area contributed by atoms with Gasteiger partial charge in [-0.25, -0.2) is 9.78 Å². The number of halogens is 2. The molecule has 0 spiro atoms. The second-order valence-electron chi connectivity index (χ2n) is 5.28. The molecule has 138 valence electrons. The molecule has 0 unspecified atom stereocenters. The van der Waals surface area contributed by atoms with E-state index in [0.717, 1.165) is 21.8 Å². The van der Waals surface area contributed by atoms with E-state index in [9.17, 15) is 9.90 Å². The van der Waals surface area contributed by atoms with Gasteiger partial charge in [0.25, 0.3) is 0 Å². The molecule has 3 rings (SSSR count). The highest BCUT2D eigenvalue weighted by molar-refractivity contribution is 9.10. The Morgan fingerprint density at radius 2 is 2.04 bits per heavy atom. The van der Waals surface area contributed by atoms with Crippen LogP contribution in [0.5, 0.6) is 5.75 Å². The Morgan fingerprint density at radius 3 is 2.70 bits per heavy atom. The van der Waals surface area contributed by atoms with Crippen molar-refractivity contribution in [2.75, 3.05) is 7.11 Å². The number of H-pyrrole nitrogens is 1. The lowest BCUT2D eigenvalue weighted by Crippen LogP contribution is -1.98. The summed E-state index contributed by atoms with van der Waals surface area (Å²) >= 11 is 10.2. The lowest BCUT2D eigenvalue weighted by Gasteiger charge is -2.06. The molecule has 1 aromatic heterocycles. The fourth-order valence-corrected chi connectivity index (χ4v) is 3.42. The molecular weight excluding hydrogens is 454 g/mol. The molecule has 0 bridgehead atoms. The van der Waals surface area contributed by atoms with Crippen LogP contribution in [0.15, 0.2) is 57.0 Å². The molecule has 1 heterocycles. The third-order valence-electron chi connectivity index (χ3n) is 3.47. The number of carboxylic acids is 1. The minimum atomic E-state index is -1.08. The Kier molecular flexibility index (Phi) is 6.20. The number of hydrogen-bond acceptors (Lipinski definition) is 5. The predicted octanol–water partition coefficient (Wildman–Crippen LogP) is 5.11. The number of nitrogens with one attached hydrogen (secondary N) is 1. The van der Waals surface area contributed by atoms with Crippen molar-refractivity contribution in [1.29, 1.82) is 0 Å². The van der Waals surface area contributed by atoms with Crippen LogP contribution in [0.2, 0.25) is 5.02 Å². The zero-order valence-electron chi connectivity index (χ0n) is 13.9. The van der Waals surface area contributed by atoms with E-state index in [1.165, 1.54) is 13.2 Å². The van der Waals surface area contributed by atoms with Crippen LogP contribution in [0.25, 0.3) is 17.5 Å². The van der Waals surface area contributed by atoms with Gasteiger partial charge in [-0.05, 0) is 60.3 Å². The molecular formula is C18H13BrClN3O3S. The number of carboxylic acid groups (broad SMARTS) is 1. The lowest BCUT2D eigenvalue weighted by molar-refractivity contribution is -0.131. The largest absolute Gasteiger partial charge is 0.496 e. The molecule has 0 atom stereocenters. The molecule has 2 N–H and O–H groups in total. The summed E-state index contributed by atoms with van der Waals surface area (Å²) < 4.78 is 6.10. The number of ether oxygens (including phenoxy) is 1. The van der Waals surface area contributed by atoms with E-state index in [2.05, 4.69) is 31.1 Å². The highest BCUT2D eigenvalue weighted by atomic mass is 79.9. The van der Waals surface area contributed by atoms with E-state index in [-0.39, 0.29) is 4.91 Å². The summed E-state index contributed by atoms with van der Waals surface area (Å²) in [6.07, 6.45) is 1.52. The molecule has 0 aliphatic rings. The number of aliphatic carboxylic acids is 1. The van der Waals surface area contributed by atoms with Crippen LogP contribution in [0.3, 0.4) is 0 Å². The predicted molar refractivity (Wildman–Crippen MR) is 109 cm³/mol. The molecule has 9 heteroatoms. The first-order valence-electron chi connectivity index (χ1n) is 7.61. The zero-order valence-corrected chi connectivity index (χ0v) is 17.1. The normalized spacial score (nSPS) is 11.4. The van der Waals surface area contributed by atoms with Gasteiger partial charge >= 0.3 is 5.97 Å². The summed E-state index contributed by atoms with van der Waals surface area (Å²) in [5.74, 6) is 0.00760. The molecule has 6 nitrogen and oxygen atoms in total. The molecule has 3 aromatic rings. The van der Waals surface area contributed by atoms with Crippen LogP contribution in [-0.2, 0) is 4.79 Å². The quantitative estimate of drug-likeness (QED) is 0.387. The van der Waals surface area contributed by atoms with Crippen LogP contribution in [-0.4, -0.2) is 33.4 Å². The molecule has 0 radical (unpaired) electrons. The summed E-state index contributed by atoms with van der Waals surface area (Å²) in [4.78, 5) is 16.1. The number of hydrogen-bond donors (Lipinski definition) is 2. The van der Waals surface area contributed by atoms with E-state index in [4.69, 9.17) is 16.3 Å². The van der Waals surface area contributed by atoms with Gasteiger partial charge in [-0.3, -0.25) is 5.10 Å². The van der Waals surface area contributed by atoms with Crippen molar-refractivity contribution in [2.24, 2.45) is 0 Å². The highest BCUT2D eigenvalue weighted by Gasteiger charge is 2.15. The fourth-order valence-electron chi connectivity index (χ4n) is 2.22. The molecule has 0 aliphatic heterocycles. The van der Waals surface area contributed by atoms with Crippen molar-refractivity contribution < 1.29 is 14.6 Å². The Hall–Kier alpha value is -2.29. The summed E-state index contributed by atoms with van der Waals surface area (Å²) in [6, 6.07) is 12.4. The van der Waals surface area contributed by atoms with Crippen molar-refractivity contribution in [3.05, 3.63) is 62.4 Å². The van der Waals surface area contributed by atoms with Crippen LogP contribution in [0.1, 0.15) is 5.56 Å². The van der Waals surface area contributed by atoms with E-state index < -0.39 is 5.97 Å². The molecule has 27 heavy (non-hydrogen) atoms. The van der Waals surface area contributed by atoms with E-state index >= 15 is 0 Å². The van der Waals surface area contributed by atoms with Crippen molar-refractivity contribution in [3.8, 4) is 17.1 Å². The number of thioether (sulfide) groups is 1. The van der Waals surface area contributed by atoms with Crippen LogP contribution in [0, 0.1) is 0 Å². The fraction of sp³-hybridized carbons (Fsp3) is 0.0556. The summed E-state index contributed by atoms with van der Waals surface area (Å²) in [7, 11) is 1.53.